The van der Waals surface area contributed by atoms with E-state index in [0.717, 1.165) is 41.7 Å². The number of carbonyl (C=O) groups is 1. The topological polar surface area (TPSA) is 72.9 Å². The molecule has 0 aliphatic carbocycles. The summed E-state index contributed by atoms with van der Waals surface area (Å²) in [7, 11) is -4.06. The summed E-state index contributed by atoms with van der Waals surface area (Å²) in [5.74, 6) is 0.263. The molecule has 3 rings (SSSR count). The first-order chi connectivity index (χ1) is 17.6. The van der Waals surface area contributed by atoms with E-state index in [4.69, 9.17) is 9.47 Å². The molecule has 0 bridgehead atoms. The number of nitrogens with zero attached hydrogens (tertiary/aromatic N) is 1. The molecule has 1 heterocycles. The average molecular weight is 544 g/mol. The maximum absolute atomic E-state index is 14.6. The number of unbranched alkanes of at least 4 members (excludes halogenated alkanes) is 1. The Morgan fingerprint density at radius 2 is 1.71 bits per heavy atom. The standard InChI is InChI=1S/C31H45NO5S/c1-10-11-19-32(26(29(33)37-30(5,6)7)20-24-15-13-12-14-16-24)38(34,35)28-22(3)21(2)27-25(23(28)4)17-18-31(8,9)36-27/h12-16,26H,10-11,17-20H2,1-9H3. The Hall–Kier alpha value is -2.38. The van der Waals surface area contributed by atoms with Gasteiger partial charge in [-0.1, -0.05) is 43.7 Å². The molecule has 0 saturated carbocycles. The molecule has 2 aromatic rings. The van der Waals surface area contributed by atoms with E-state index >= 15 is 0 Å². The molecule has 1 atom stereocenters. The third-order valence-corrected chi connectivity index (χ3v) is 9.45. The van der Waals surface area contributed by atoms with E-state index in [9.17, 15) is 13.2 Å². The van der Waals surface area contributed by atoms with Crippen LogP contribution in [-0.4, -0.2) is 42.5 Å². The SMILES string of the molecule is CCCCN(C(Cc1ccccc1)C(=O)OC(C)(C)C)S(=O)(=O)c1c(C)c(C)c2c(c1C)CCC(C)(C)O2. The fourth-order valence-corrected chi connectivity index (χ4v) is 7.27. The predicted molar refractivity (Wildman–Crippen MR) is 152 cm³/mol. The number of hydrogen-bond acceptors (Lipinski definition) is 5. The zero-order chi connectivity index (χ0) is 28.5. The fraction of sp³-hybridized carbons (Fsp3) is 0.581. The summed E-state index contributed by atoms with van der Waals surface area (Å²) in [6, 6.07) is 8.55. The van der Waals surface area contributed by atoms with Crippen LogP contribution < -0.4 is 4.74 Å². The van der Waals surface area contributed by atoms with Gasteiger partial charge in [-0.15, -0.1) is 0 Å². The van der Waals surface area contributed by atoms with Crippen molar-refractivity contribution in [1.82, 2.24) is 4.31 Å². The van der Waals surface area contributed by atoms with Gasteiger partial charge in [0.05, 0.1) is 4.90 Å². The van der Waals surface area contributed by atoms with Gasteiger partial charge in [-0.25, -0.2) is 8.42 Å². The molecule has 0 amide bonds. The molecule has 0 spiro atoms. The molecule has 0 fully saturated rings. The van der Waals surface area contributed by atoms with Gasteiger partial charge in [0.25, 0.3) is 0 Å². The Labute approximate surface area is 229 Å². The van der Waals surface area contributed by atoms with Gasteiger partial charge < -0.3 is 9.47 Å². The Bertz CT molecular complexity index is 1260. The van der Waals surface area contributed by atoms with Gasteiger partial charge in [-0.05, 0) is 109 Å². The molecule has 0 N–H and O–H groups in total. The third kappa shape index (κ3) is 6.60. The molecule has 38 heavy (non-hydrogen) atoms. The van der Waals surface area contributed by atoms with Crippen molar-refractivity contribution in [2.24, 2.45) is 0 Å². The summed E-state index contributed by atoms with van der Waals surface area (Å²) in [5.41, 5.74) is 2.99. The highest BCUT2D eigenvalue weighted by Crippen LogP contribution is 2.43. The van der Waals surface area contributed by atoms with Crippen LogP contribution in [0.5, 0.6) is 5.75 Å². The van der Waals surface area contributed by atoms with E-state index in [-0.39, 0.29) is 23.5 Å². The Kier molecular flexibility index (Phi) is 9.04. The van der Waals surface area contributed by atoms with E-state index in [2.05, 4.69) is 13.8 Å². The van der Waals surface area contributed by atoms with Crippen LogP contribution in [0.4, 0.5) is 0 Å². The van der Waals surface area contributed by atoms with Crippen LogP contribution in [0.2, 0.25) is 0 Å². The van der Waals surface area contributed by atoms with Crippen LogP contribution in [0.25, 0.3) is 0 Å². The Morgan fingerprint density at radius 1 is 1.08 bits per heavy atom. The second-order valence-corrected chi connectivity index (χ2v) is 13.9. The van der Waals surface area contributed by atoms with Gasteiger partial charge >= 0.3 is 5.97 Å². The minimum Gasteiger partial charge on any atom is -0.487 e. The average Bonchev–Trinajstić information content (AvgIpc) is 2.81. The van der Waals surface area contributed by atoms with E-state index in [0.29, 0.717) is 17.5 Å². The number of hydrogen-bond donors (Lipinski definition) is 0. The number of carbonyl (C=O) groups excluding carboxylic acids is 1. The van der Waals surface area contributed by atoms with Gasteiger partial charge in [0, 0.05) is 6.54 Å². The third-order valence-electron chi connectivity index (χ3n) is 7.26. The number of esters is 1. The molecule has 210 valence electrons. The lowest BCUT2D eigenvalue weighted by molar-refractivity contribution is -0.159. The second-order valence-electron chi connectivity index (χ2n) is 12.1. The summed E-state index contributed by atoms with van der Waals surface area (Å²) in [6.45, 7) is 17.4. The van der Waals surface area contributed by atoms with E-state index in [1.54, 1.807) is 20.8 Å². The van der Waals surface area contributed by atoms with E-state index < -0.39 is 27.6 Å². The van der Waals surface area contributed by atoms with Crippen molar-refractivity contribution in [2.75, 3.05) is 6.54 Å². The van der Waals surface area contributed by atoms with Crippen molar-refractivity contribution in [3.63, 3.8) is 0 Å². The van der Waals surface area contributed by atoms with Gasteiger partial charge in [0.1, 0.15) is 23.0 Å². The van der Waals surface area contributed by atoms with Crippen LogP contribution in [0.3, 0.4) is 0 Å². The largest absolute Gasteiger partial charge is 0.487 e. The molecule has 6 nitrogen and oxygen atoms in total. The first-order valence-corrected chi connectivity index (χ1v) is 15.1. The van der Waals surface area contributed by atoms with Crippen molar-refractivity contribution in [1.29, 1.82) is 0 Å². The van der Waals surface area contributed by atoms with Crippen molar-refractivity contribution >= 4 is 16.0 Å². The number of benzene rings is 2. The maximum Gasteiger partial charge on any atom is 0.325 e. The van der Waals surface area contributed by atoms with Crippen molar-refractivity contribution in [3.05, 3.63) is 58.1 Å². The van der Waals surface area contributed by atoms with E-state index in [1.807, 2.05) is 58.0 Å². The lowest BCUT2D eigenvalue weighted by atomic mass is 9.88. The molecule has 1 aliphatic heterocycles. The minimum absolute atomic E-state index is 0.230. The van der Waals surface area contributed by atoms with Crippen LogP contribution in [0.1, 0.15) is 88.6 Å². The predicted octanol–water partition coefficient (Wildman–Crippen LogP) is 6.46. The number of fused-ring (bicyclic) bond motifs is 1. The summed E-state index contributed by atoms with van der Waals surface area (Å²) < 4.78 is 42.8. The lowest BCUT2D eigenvalue weighted by Crippen LogP contribution is -2.49. The van der Waals surface area contributed by atoms with Gasteiger partial charge in [-0.3, -0.25) is 4.79 Å². The van der Waals surface area contributed by atoms with E-state index in [1.165, 1.54) is 4.31 Å². The van der Waals surface area contributed by atoms with Crippen LogP contribution >= 0.6 is 0 Å². The first-order valence-electron chi connectivity index (χ1n) is 13.7. The fourth-order valence-electron chi connectivity index (χ4n) is 5.12. The van der Waals surface area contributed by atoms with Crippen LogP contribution in [0, 0.1) is 20.8 Å². The quantitative estimate of drug-likeness (QED) is 0.340. The zero-order valence-corrected chi connectivity index (χ0v) is 25.4. The molecule has 0 saturated heterocycles. The molecule has 0 radical (unpaired) electrons. The van der Waals surface area contributed by atoms with Crippen LogP contribution in [-0.2, 0) is 32.4 Å². The van der Waals surface area contributed by atoms with Gasteiger partial charge in [-0.2, -0.15) is 4.31 Å². The molecule has 1 aliphatic rings. The molecule has 0 aromatic heterocycles. The normalized spacial score (nSPS) is 16.1. The number of ether oxygens (including phenoxy) is 2. The monoisotopic (exact) mass is 543 g/mol. The Morgan fingerprint density at radius 3 is 2.29 bits per heavy atom. The summed E-state index contributed by atoms with van der Waals surface area (Å²) in [6.07, 6.45) is 3.20. The lowest BCUT2D eigenvalue weighted by Gasteiger charge is -2.37. The molecule has 2 aromatic carbocycles. The number of sulfonamides is 1. The Balaban J connectivity index is 2.19. The van der Waals surface area contributed by atoms with Gasteiger partial charge in [0.2, 0.25) is 10.0 Å². The van der Waals surface area contributed by atoms with Crippen molar-refractivity contribution < 1.29 is 22.7 Å². The molecule has 1 unspecified atom stereocenters. The van der Waals surface area contributed by atoms with Gasteiger partial charge in [0.15, 0.2) is 0 Å². The maximum atomic E-state index is 14.6. The summed E-state index contributed by atoms with van der Waals surface area (Å²) in [4.78, 5) is 13.9. The second kappa shape index (κ2) is 11.4. The number of rotatable bonds is 9. The smallest absolute Gasteiger partial charge is 0.325 e. The van der Waals surface area contributed by atoms with Crippen molar-refractivity contribution in [2.45, 2.75) is 117 Å². The zero-order valence-electron chi connectivity index (χ0n) is 24.6. The highest BCUT2D eigenvalue weighted by atomic mass is 32.2. The highest BCUT2D eigenvalue weighted by molar-refractivity contribution is 7.89. The summed E-state index contributed by atoms with van der Waals surface area (Å²) >= 11 is 0. The van der Waals surface area contributed by atoms with Crippen molar-refractivity contribution in [3.8, 4) is 5.75 Å². The first kappa shape index (κ1) is 30.2. The molecular weight excluding hydrogens is 498 g/mol. The van der Waals surface area contributed by atoms with Crippen LogP contribution in [0.15, 0.2) is 35.2 Å². The highest BCUT2D eigenvalue weighted by Gasteiger charge is 2.41. The molecular formula is C31H45NO5S. The summed E-state index contributed by atoms with van der Waals surface area (Å²) in [5, 5.41) is 0. The molecule has 7 heteroatoms. The minimum atomic E-state index is -4.06.